The van der Waals surface area contributed by atoms with Crippen LogP contribution in [0.1, 0.15) is 22.8 Å². The maximum atomic E-state index is 13.0. The van der Waals surface area contributed by atoms with E-state index in [1.165, 1.54) is 29.2 Å². The van der Waals surface area contributed by atoms with Crippen LogP contribution in [0.15, 0.2) is 70.3 Å². The number of thiophene rings is 1. The molecule has 10 heteroatoms. The fourth-order valence-electron chi connectivity index (χ4n) is 2.88. The SMILES string of the molecule is CCN(CC(=O)NCc1ccc(F)cc1)C(=O)c1cccc(NS(=O)(=O)c2cccs2)c1. The third kappa shape index (κ3) is 6.14. The number of rotatable bonds is 9. The third-order valence-corrected chi connectivity index (χ3v) is 7.31. The molecule has 3 aromatic rings. The van der Waals surface area contributed by atoms with Gasteiger partial charge in [0.2, 0.25) is 5.91 Å². The van der Waals surface area contributed by atoms with Crippen LogP contribution >= 0.6 is 11.3 Å². The highest BCUT2D eigenvalue weighted by molar-refractivity contribution is 7.94. The summed E-state index contributed by atoms with van der Waals surface area (Å²) in [6.07, 6.45) is 0. The van der Waals surface area contributed by atoms with E-state index in [2.05, 4.69) is 10.0 Å². The van der Waals surface area contributed by atoms with Gasteiger partial charge in [0.05, 0.1) is 6.54 Å². The minimum atomic E-state index is -3.74. The normalized spacial score (nSPS) is 11.1. The Morgan fingerprint density at radius 2 is 1.81 bits per heavy atom. The Hall–Kier alpha value is -3.24. The molecule has 3 rings (SSSR count). The Morgan fingerprint density at radius 1 is 1.06 bits per heavy atom. The second-order valence-corrected chi connectivity index (χ2v) is 9.70. The molecule has 2 amide bonds. The molecule has 0 fully saturated rings. The lowest BCUT2D eigenvalue weighted by Crippen LogP contribution is -2.40. The molecule has 0 spiro atoms. The minimum absolute atomic E-state index is 0.165. The Balaban J connectivity index is 1.63. The molecule has 0 saturated heterocycles. The summed E-state index contributed by atoms with van der Waals surface area (Å²) >= 11 is 1.09. The summed E-state index contributed by atoms with van der Waals surface area (Å²) in [5.74, 6) is -1.12. The summed E-state index contributed by atoms with van der Waals surface area (Å²) in [7, 11) is -3.74. The summed E-state index contributed by atoms with van der Waals surface area (Å²) in [6.45, 7) is 2.08. The van der Waals surface area contributed by atoms with Gasteiger partial charge in [0.15, 0.2) is 0 Å². The van der Waals surface area contributed by atoms with Crippen LogP contribution < -0.4 is 10.0 Å². The highest BCUT2D eigenvalue weighted by Gasteiger charge is 2.19. The van der Waals surface area contributed by atoms with E-state index in [1.54, 1.807) is 48.7 Å². The van der Waals surface area contributed by atoms with E-state index in [1.807, 2.05) is 0 Å². The van der Waals surface area contributed by atoms with Gasteiger partial charge in [-0.1, -0.05) is 24.3 Å². The number of nitrogens with zero attached hydrogens (tertiary/aromatic N) is 1. The predicted octanol–water partition coefficient (Wildman–Crippen LogP) is 3.47. The molecule has 0 radical (unpaired) electrons. The van der Waals surface area contributed by atoms with Crippen LogP contribution in [0.4, 0.5) is 10.1 Å². The van der Waals surface area contributed by atoms with Crippen molar-refractivity contribution in [3.63, 3.8) is 0 Å². The van der Waals surface area contributed by atoms with Crippen molar-refractivity contribution in [1.29, 1.82) is 0 Å². The van der Waals surface area contributed by atoms with Gasteiger partial charge >= 0.3 is 0 Å². The Kier molecular flexibility index (Phi) is 7.60. The standard InChI is InChI=1S/C22H22FN3O4S2/c1-2-26(15-20(27)24-14-16-8-10-18(23)11-9-16)22(28)17-5-3-6-19(13-17)25-32(29,30)21-7-4-12-31-21/h3-13,25H,2,14-15H2,1H3,(H,24,27). The first kappa shape index (κ1) is 23.4. The van der Waals surface area contributed by atoms with Crippen molar-refractivity contribution in [2.24, 2.45) is 0 Å². The molecule has 1 heterocycles. The highest BCUT2D eigenvalue weighted by Crippen LogP contribution is 2.21. The largest absolute Gasteiger partial charge is 0.350 e. The van der Waals surface area contributed by atoms with Crippen LogP contribution in [0.5, 0.6) is 0 Å². The Bertz CT molecular complexity index is 1180. The predicted molar refractivity (Wildman–Crippen MR) is 121 cm³/mol. The first-order valence-electron chi connectivity index (χ1n) is 9.75. The molecule has 2 N–H and O–H groups in total. The third-order valence-electron chi connectivity index (χ3n) is 4.53. The summed E-state index contributed by atoms with van der Waals surface area (Å²) in [5, 5.41) is 4.36. The van der Waals surface area contributed by atoms with Gasteiger partial charge in [-0.3, -0.25) is 14.3 Å². The van der Waals surface area contributed by atoms with Crippen LogP contribution in [0.2, 0.25) is 0 Å². The van der Waals surface area contributed by atoms with Crippen molar-refractivity contribution >= 4 is 38.9 Å². The molecule has 7 nitrogen and oxygen atoms in total. The molecule has 0 bridgehead atoms. The number of carbonyl (C=O) groups is 2. The lowest BCUT2D eigenvalue weighted by molar-refractivity contribution is -0.121. The fourth-order valence-corrected chi connectivity index (χ4v) is 4.92. The molecule has 0 atom stereocenters. The van der Waals surface area contributed by atoms with Crippen molar-refractivity contribution in [2.75, 3.05) is 17.8 Å². The Morgan fingerprint density at radius 3 is 2.47 bits per heavy atom. The number of hydrogen-bond donors (Lipinski definition) is 2. The van der Waals surface area contributed by atoms with E-state index in [0.717, 1.165) is 16.9 Å². The van der Waals surface area contributed by atoms with Crippen molar-refractivity contribution in [2.45, 2.75) is 17.7 Å². The van der Waals surface area contributed by atoms with Gasteiger partial charge in [-0.15, -0.1) is 11.3 Å². The molecule has 0 aliphatic heterocycles. The summed E-state index contributed by atoms with van der Waals surface area (Å²) in [5.41, 5.74) is 1.24. The lowest BCUT2D eigenvalue weighted by atomic mass is 10.1. The zero-order valence-corrected chi connectivity index (χ0v) is 18.9. The quantitative estimate of drug-likeness (QED) is 0.495. The molecule has 168 valence electrons. The number of hydrogen-bond acceptors (Lipinski definition) is 5. The second-order valence-electron chi connectivity index (χ2n) is 6.84. The number of halogens is 1. The molecule has 0 aliphatic carbocycles. The summed E-state index contributed by atoms with van der Waals surface area (Å²) < 4.78 is 40.4. The van der Waals surface area contributed by atoms with Gasteiger partial charge in [-0.25, -0.2) is 12.8 Å². The average molecular weight is 476 g/mol. The number of likely N-dealkylation sites (N-methyl/N-ethyl adjacent to an activating group) is 1. The highest BCUT2D eigenvalue weighted by atomic mass is 32.2. The molecule has 0 unspecified atom stereocenters. The van der Waals surface area contributed by atoms with Gasteiger partial charge in [0, 0.05) is 24.3 Å². The van der Waals surface area contributed by atoms with E-state index in [9.17, 15) is 22.4 Å². The molecule has 1 aromatic heterocycles. The maximum Gasteiger partial charge on any atom is 0.271 e. The average Bonchev–Trinajstić information content (AvgIpc) is 3.33. The van der Waals surface area contributed by atoms with Crippen molar-refractivity contribution in [1.82, 2.24) is 10.2 Å². The van der Waals surface area contributed by atoms with E-state index in [4.69, 9.17) is 0 Å². The van der Waals surface area contributed by atoms with Crippen molar-refractivity contribution in [3.8, 4) is 0 Å². The number of sulfonamides is 1. The van der Waals surface area contributed by atoms with E-state index in [0.29, 0.717) is 0 Å². The van der Waals surface area contributed by atoms with Gasteiger partial charge < -0.3 is 10.2 Å². The zero-order chi connectivity index (χ0) is 23.1. The molecular weight excluding hydrogens is 453 g/mol. The van der Waals surface area contributed by atoms with Crippen molar-refractivity contribution in [3.05, 3.63) is 83.0 Å². The van der Waals surface area contributed by atoms with Crippen LogP contribution in [-0.4, -0.2) is 38.2 Å². The lowest BCUT2D eigenvalue weighted by Gasteiger charge is -2.21. The monoisotopic (exact) mass is 475 g/mol. The minimum Gasteiger partial charge on any atom is -0.350 e. The molecule has 32 heavy (non-hydrogen) atoms. The number of nitrogens with one attached hydrogen (secondary N) is 2. The summed E-state index contributed by atoms with van der Waals surface area (Å²) in [4.78, 5) is 26.6. The topological polar surface area (TPSA) is 95.6 Å². The number of amides is 2. The van der Waals surface area contributed by atoms with Crippen LogP contribution in [0, 0.1) is 5.82 Å². The zero-order valence-electron chi connectivity index (χ0n) is 17.2. The summed E-state index contributed by atoms with van der Waals surface area (Å²) in [6, 6.07) is 15.0. The Labute approximate surface area is 189 Å². The number of carbonyl (C=O) groups excluding carboxylic acids is 2. The van der Waals surface area contributed by atoms with Crippen LogP contribution in [-0.2, 0) is 21.4 Å². The molecule has 0 aliphatic rings. The number of anilines is 1. The van der Waals surface area contributed by atoms with E-state index in [-0.39, 0.29) is 46.8 Å². The van der Waals surface area contributed by atoms with Gasteiger partial charge in [0.1, 0.15) is 10.0 Å². The fraction of sp³-hybridized carbons (Fsp3) is 0.182. The second kappa shape index (κ2) is 10.4. The van der Waals surface area contributed by atoms with Gasteiger partial charge in [0.25, 0.3) is 15.9 Å². The van der Waals surface area contributed by atoms with Crippen LogP contribution in [0.25, 0.3) is 0 Å². The molecule has 0 saturated carbocycles. The first-order valence-corrected chi connectivity index (χ1v) is 12.1. The van der Waals surface area contributed by atoms with Gasteiger partial charge in [-0.05, 0) is 54.3 Å². The van der Waals surface area contributed by atoms with Crippen molar-refractivity contribution < 1.29 is 22.4 Å². The smallest absolute Gasteiger partial charge is 0.271 e. The van der Waals surface area contributed by atoms with Crippen LogP contribution in [0.3, 0.4) is 0 Å². The molecular formula is C22H22FN3O4S2. The first-order chi connectivity index (χ1) is 15.3. The number of benzene rings is 2. The van der Waals surface area contributed by atoms with E-state index < -0.39 is 15.9 Å². The molecule has 2 aromatic carbocycles. The maximum absolute atomic E-state index is 13.0. The van der Waals surface area contributed by atoms with Gasteiger partial charge in [-0.2, -0.15) is 0 Å². The van der Waals surface area contributed by atoms with E-state index >= 15 is 0 Å².